The zero-order chi connectivity index (χ0) is 14.3. The molecule has 0 aliphatic carbocycles. The highest BCUT2D eigenvalue weighted by atomic mass is 79.9. The molecule has 1 aliphatic rings. The van der Waals surface area contributed by atoms with Crippen LogP contribution in [0.4, 0.5) is 17.2 Å². The number of nitrogens with one attached hydrogen (secondary N) is 2. The molecule has 4 N–H and O–H groups in total. The Hall–Kier alpha value is -2.41. The van der Waals surface area contributed by atoms with Crippen LogP contribution in [0.2, 0.25) is 0 Å². The number of fused-ring (bicyclic) bond motifs is 1. The van der Waals surface area contributed by atoms with Gasteiger partial charge in [-0.15, -0.1) is 0 Å². The number of aromatic nitrogens is 1. The number of amides is 2. The predicted octanol–water partition coefficient (Wildman–Crippen LogP) is 2.05. The molecule has 20 heavy (non-hydrogen) atoms. The number of hydrogen-bond acceptors (Lipinski definition) is 5. The first-order valence-corrected chi connectivity index (χ1v) is 6.51. The molecule has 7 heteroatoms. The van der Waals surface area contributed by atoms with Gasteiger partial charge in [-0.05, 0) is 40.2 Å². The Kier molecular flexibility index (Phi) is 2.90. The minimum absolute atomic E-state index is 0.343. The molecule has 1 aromatic heterocycles. The van der Waals surface area contributed by atoms with Crippen LogP contribution in [-0.4, -0.2) is 16.8 Å². The average molecular weight is 333 g/mol. The number of hydrogen-bond donors (Lipinski definition) is 3. The topological polar surface area (TPSA) is 97.1 Å². The Morgan fingerprint density at radius 3 is 2.65 bits per heavy atom. The molecule has 6 nitrogen and oxygen atoms in total. The molecule has 0 radical (unpaired) electrons. The van der Waals surface area contributed by atoms with Gasteiger partial charge in [0.2, 0.25) is 0 Å². The quantitative estimate of drug-likeness (QED) is 0.731. The lowest BCUT2D eigenvalue weighted by molar-refractivity contribution is 0.0879. The molecule has 0 saturated heterocycles. The van der Waals surface area contributed by atoms with Crippen LogP contribution in [0.25, 0.3) is 0 Å². The number of anilines is 3. The van der Waals surface area contributed by atoms with Crippen molar-refractivity contribution in [3.63, 3.8) is 0 Å². The number of benzene rings is 1. The van der Waals surface area contributed by atoms with E-state index in [9.17, 15) is 9.59 Å². The first-order chi connectivity index (χ1) is 9.54. The summed E-state index contributed by atoms with van der Waals surface area (Å²) in [5.74, 6) is -0.291. The van der Waals surface area contributed by atoms with Crippen LogP contribution >= 0.6 is 15.9 Å². The molecule has 0 bridgehead atoms. The summed E-state index contributed by atoms with van der Waals surface area (Å²) in [6.07, 6.45) is 1.61. The van der Waals surface area contributed by atoms with Gasteiger partial charge < -0.3 is 11.1 Å². The van der Waals surface area contributed by atoms with Crippen LogP contribution < -0.4 is 16.4 Å². The third kappa shape index (κ3) is 2.12. The van der Waals surface area contributed by atoms with Crippen LogP contribution in [0.5, 0.6) is 0 Å². The highest BCUT2D eigenvalue weighted by Gasteiger charge is 2.26. The van der Waals surface area contributed by atoms with Crippen LogP contribution in [-0.2, 0) is 0 Å². The van der Waals surface area contributed by atoms with E-state index in [1.165, 1.54) is 0 Å². The van der Waals surface area contributed by atoms with Crippen LogP contribution in [0.1, 0.15) is 20.7 Å². The fourth-order valence-corrected chi connectivity index (χ4v) is 2.29. The number of nitrogen functional groups attached to an aromatic ring is 1. The summed E-state index contributed by atoms with van der Waals surface area (Å²) in [4.78, 5) is 27.2. The molecule has 2 aromatic rings. The third-order valence-corrected chi connectivity index (χ3v) is 3.32. The van der Waals surface area contributed by atoms with E-state index >= 15 is 0 Å². The van der Waals surface area contributed by atoms with Crippen molar-refractivity contribution in [1.29, 1.82) is 0 Å². The summed E-state index contributed by atoms with van der Waals surface area (Å²) in [6.45, 7) is 0. The number of rotatable bonds is 2. The van der Waals surface area contributed by atoms with Crippen LogP contribution in [0.15, 0.2) is 34.9 Å². The normalized spacial score (nSPS) is 13.1. The van der Waals surface area contributed by atoms with E-state index in [1.54, 1.807) is 30.5 Å². The van der Waals surface area contributed by atoms with Gasteiger partial charge in [0.05, 0.1) is 16.8 Å². The number of nitrogens with zero attached hydrogens (tertiary/aromatic N) is 1. The van der Waals surface area contributed by atoms with E-state index in [4.69, 9.17) is 5.73 Å². The first kappa shape index (κ1) is 12.6. The maximum atomic E-state index is 11.6. The monoisotopic (exact) mass is 332 g/mol. The maximum absolute atomic E-state index is 11.6. The van der Waals surface area contributed by atoms with Crippen molar-refractivity contribution < 1.29 is 9.59 Å². The van der Waals surface area contributed by atoms with Crippen molar-refractivity contribution in [2.75, 3.05) is 11.1 Å². The first-order valence-electron chi connectivity index (χ1n) is 5.72. The lowest BCUT2D eigenvalue weighted by atomic mass is 10.1. The second-order valence-corrected chi connectivity index (χ2v) is 5.18. The van der Waals surface area contributed by atoms with Gasteiger partial charge in [-0.2, -0.15) is 0 Å². The van der Waals surface area contributed by atoms with E-state index in [-0.39, 0.29) is 5.91 Å². The second-order valence-electron chi connectivity index (χ2n) is 4.26. The van der Waals surface area contributed by atoms with Gasteiger partial charge in [0.1, 0.15) is 0 Å². The summed E-state index contributed by atoms with van der Waals surface area (Å²) >= 11 is 3.28. The highest BCUT2D eigenvalue weighted by Crippen LogP contribution is 2.26. The largest absolute Gasteiger partial charge is 0.396 e. The molecule has 1 aliphatic heterocycles. The standard InChI is InChI=1S/C13H9BrN4O2/c14-6-3-10(15)11(16-5-6)17-7-1-2-8-9(4-7)13(20)18-12(8)19/h1-5H,15H2,(H,16,17)(H,18,19,20). The number of nitrogens with two attached hydrogens (primary N) is 1. The average Bonchev–Trinajstić information content (AvgIpc) is 2.68. The molecular formula is C13H9BrN4O2. The van der Waals surface area contributed by atoms with Crippen molar-refractivity contribution in [2.24, 2.45) is 0 Å². The summed E-state index contributed by atoms with van der Waals surface area (Å²) in [5, 5.41) is 5.26. The molecule has 100 valence electrons. The van der Waals surface area contributed by atoms with E-state index in [2.05, 4.69) is 31.5 Å². The minimum Gasteiger partial charge on any atom is -0.396 e. The predicted molar refractivity (Wildman–Crippen MR) is 77.9 cm³/mol. The Morgan fingerprint density at radius 1 is 1.15 bits per heavy atom. The van der Waals surface area contributed by atoms with E-state index in [0.717, 1.165) is 4.47 Å². The number of carbonyl (C=O) groups is 2. The zero-order valence-corrected chi connectivity index (χ0v) is 11.7. The number of imide groups is 1. The van der Waals surface area contributed by atoms with Crippen LogP contribution in [0, 0.1) is 0 Å². The van der Waals surface area contributed by atoms with Gasteiger partial charge in [-0.3, -0.25) is 14.9 Å². The van der Waals surface area contributed by atoms with E-state index < -0.39 is 5.91 Å². The fraction of sp³-hybridized carbons (Fsp3) is 0. The molecule has 0 spiro atoms. The van der Waals surface area contributed by atoms with Gasteiger partial charge >= 0.3 is 0 Å². The smallest absolute Gasteiger partial charge is 0.259 e. The molecule has 1 aromatic carbocycles. The molecular weight excluding hydrogens is 324 g/mol. The maximum Gasteiger partial charge on any atom is 0.259 e. The second kappa shape index (κ2) is 4.61. The molecule has 0 unspecified atom stereocenters. The number of halogens is 1. The van der Waals surface area contributed by atoms with Crippen molar-refractivity contribution in [3.05, 3.63) is 46.1 Å². The van der Waals surface area contributed by atoms with E-state index in [0.29, 0.717) is 28.3 Å². The number of carbonyl (C=O) groups excluding carboxylic acids is 2. The van der Waals surface area contributed by atoms with Crippen molar-refractivity contribution >= 4 is 44.9 Å². The molecule has 3 rings (SSSR count). The van der Waals surface area contributed by atoms with E-state index in [1.807, 2.05) is 0 Å². The Balaban J connectivity index is 1.95. The number of pyridine rings is 1. The molecule has 0 saturated carbocycles. The molecule has 2 amide bonds. The van der Waals surface area contributed by atoms with Crippen molar-refractivity contribution in [1.82, 2.24) is 10.3 Å². The lowest BCUT2D eigenvalue weighted by Gasteiger charge is -2.09. The van der Waals surface area contributed by atoms with Gasteiger partial charge in [0.15, 0.2) is 5.82 Å². The van der Waals surface area contributed by atoms with Gasteiger partial charge in [0.25, 0.3) is 11.8 Å². The molecule has 0 atom stereocenters. The summed E-state index contributed by atoms with van der Waals surface area (Å²) in [6, 6.07) is 6.60. The third-order valence-electron chi connectivity index (χ3n) is 2.88. The Morgan fingerprint density at radius 2 is 1.90 bits per heavy atom. The minimum atomic E-state index is -0.398. The van der Waals surface area contributed by atoms with Gasteiger partial charge in [-0.1, -0.05) is 0 Å². The molecule has 2 heterocycles. The van der Waals surface area contributed by atoms with Crippen LogP contribution in [0.3, 0.4) is 0 Å². The van der Waals surface area contributed by atoms with Crippen molar-refractivity contribution in [3.8, 4) is 0 Å². The Labute approximate surface area is 122 Å². The van der Waals surface area contributed by atoms with Crippen molar-refractivity contribution in [2.45, 2.75) is 0 Å². The fourth-order valence-electron chi connectivity index (χ4n) is 1.94. The summed E-state index contributed by atoms with van der Waals surface area (Å²) < 4.78 is 0.777. The molecule has 0 fully saturated rings. The highest BCUT2D eigenvalue weighted by molar-refractivity contribution is 9.10. The zero-order valence-electron chi connectivity index (χ0n) is 10.1. The van der Waals surface area contributed by atoms with Gasteiger partial charge in [0, 0.05) is 16.4 Å². The Bertz CT molecular complexity index is 745. The summed E-state index contributed by atoms with van der Waals surface area (Å²) in [7, 11) is 0. The van der Waals surface area contributed by atoms with Gasteiger partial charge in [-0.25, -0.2) is 4.98 Å². The lowest BCUT2D eigenvalue weighted by Crippen LogP contribution is -2.19. The SMILES string of the molecule is Nc1cc(Br)cnc1Nc1ccc2c(c1)C(=O)NC2=O. The summed E-state index contributed by atoms with van der Waals surface area (Å²) in [5.41, 5.74) is 7.67.